The van der Waals surface area contributed by atoms with E-state index >= 15 is 0 Å². The van der Waals surface area contributed by atoms with Crippen LogP contribution < -0.4 is 10.6 Å². The minimum absolute atomic E-state index is 0.155. The number of nitrogens with zero attached hydrogens (tertiary/aromatic N) is 2. The van der Waals surface area contributed by atoms with Gasteiger partial charge in [-0.05, 0) is 51.2 Å². The van der Waals surface area contributed by atoms with Crippen LogP contribution in [0.15, 0.2) is 48.0 Å². The van der Waals surface area contributed by atoms with Gasteiger partial charge in [0.2, 0.25) is 0 Å². The maximum absolute atomic E-state index is 12.4. The highest BCUT2D eigenvalue weighted by Crippen LogP contribution is 2.19. The molecule has 2 N–H and O–H groups in total. The van der Waals surface area contributed by atoms with Crippen molar-refractivity contribution in [3.05, 3.63) is 59.6 Å². The highest BCUT2D eigenvalue weighted by Gasteiger charge is 2.11. The van der Waals surface area contributed by atoms with Gasteiger partial charge in [-0.2, -0.15) is 0 Å². The highest BCUT2D eigenvalue weighted by molar-refractivity contribution is 5.93. The van der Waals surface area contributed by atoms with Gasteiger partial charge >= 0.3 is 0 Å². The zero-order valence-corrected chi connectivity index (χ0v) is 14.6. The number of para-hydroxylation sites is 1. The molecule has 0 saturated carbocycles. The van der Waals surface area contributed by atoms with E-state index < -0.39 is 0 Å². The fourth-order valence-corrected chi connectivity index (χ4v) is 2.98. The van der Waals surface area contributed by atoms with Gasteiger partial charge in [-0.25, -0.2) is 9.97 Å². The lowest BCUT2D eigenvalue weighted by atomic mass is 9.97. The summed E-state index contributed by atoms with van der Waals surface area (Å²) >= 11 is 0. The van der Waals surface area contributed by atoms with Crippen molar-refractivity contribution in [3.8, 4) is 0 Å². The molecule has 0 unspecified atom stereocenters. The maximum Gasteiger partial charge on any atom is 0.270 e. The number of allylic oxidation sites excluding steroid dienone is 1. The molecule has 0 aliphatic heterocycles. The summed E-state index contributed by atoms with van der Waals surface area (Å²) in [6, 6.07) is 11.4. The number of hydrogen-bond donors (Lipinski definition) is 2. The lowest BCUT2D eigenvalue weighted by molar-refractivity contribution is 0.0948. The summed E-state index contributed by atoms with van der Waals surface area (Å²) < 4.78 is 0. The molecule has 2 aromatic rings. The Labute approximate surface area is 148 Å². The zero-order valence-electron chi connectivity index (χ0n) is 14.6. The second-order valence-electron chi connectivity index (χ2n) is 6.29. The fourth-order valence-electron chi connectivity index (χ4n) is 2.98. The molecule has 0 radical (unpaired) electrons. The number of hydrogen-bond acceptors (Lipinski definition) is 4. The lowest BCUT2D eigenvalue weighted by Crippen LogP contribution is -2.26. The van der Waals surface area contributed by atoms with Crippen LogP contribution in [0.5, 0.6) is 0 Å². The smallest absolute Gasteiger partial charge is 0.270 e. The molecule has 130 valence electrons. The van der Waals surface area contributed by atoms with E-state index in [2.05, 4.69) is 26.7 Å². The van der Waals surface area contributed by atoms with Gasteiger partial charge in [-0.1, -0.05) is 29.8 Å². The number of aryl methyl sites for hydroxylation is 1. The number of nitrogens with one attached hydrogen (secondary N) is 2. The van der Waals surface area contributed by atoms with Crippen LogP contribution in [0.2, 0.25) is 0 Å². The third-order valence-electron chi connectivity index (χ3n) is 4.23. The summed E-state index contributed by atoms with van der Waals surface area (Å²) in [4.78, 5) is 21.0. The van der Waals surface area contributed by atoms with Gasteiger partial charge in [0.25, 0.3) is 5.91 Å². The van der Waals surface area contributed by atoms with Crippen molar-refractivity contribution in [2.75, 3.05) is 11.9 Å². The first-order valence-electron chi connectivity index (χ1n) is 8.84. The molecule has 0 spiro atoms. The molecule has 1 heterocycles. The first-order valence-corrected chi connectivity index (χ1v) is 8.84. The zero-order chi connectivity index (χ0) is 17.5. The molecule has 5 nitrogen and oxygen atoms in total. The summed E-state index contributed by atoms with van der Waals surface area (Å²) in [5.74, 6) is 1.04. The topological polar surface area (TPSA) is 66.9 Å². The van der Waals surface area contributed by atoms with Crippen LogP contribution in [0.3, 0.4) is 0 Å². The van der Waals surface area contributed by atoms with Gasteiger partial charge in [-0.15, -0.1) is 0 Å². The number of aromatic nitrogens is 2. The third-order valence-corrected chi connectivity index (χ3v) is 4.23. The summed E-state index contributed by atoms with van der Waals surface area (Å²) in [6.45, 7) is 2.44. The van der Waals surface area contributed by atoms with E-state index in [1.54, 1.807) is 13.0 Å². The standard InChI is InChI=1S/C20H24N4O/c1-15-22-18(14-19(23-15)24-17-10-6-3-7-11-17)20(25)21-13-12-16-8-4-2-5-9-16/h3,6-8,10-11,14H,2,4-5,9,12-13H2,1H3,(H,21,25)(H,22,23,24). The monoisotopic (exact) mass is 336 g/mol. The SMILES string of the molecule is Cc1nc(Nc2ccccc2)cc(C(=O)NCCC2=CCCCC2)n1. The van der Waals surface area contributed by atoms with Gasteiger partial charge in [0.05, 0.1) is 0 Å². The van der Waals surface area contributed by atoms with Crippen LogP contribution in [0.4, 0.5) is 11.5 Å². The minimum atomic E-state index is -0.155. The molecular formula is C20H24N4O. The van der Waals surface area contributed by atoms with Gasteiger partial charge in [-0.3, -0.25) is 4.79 Å². The van der Waals surface area contributed by atoms with Crippen LogP contribution in [0.1, 0.15) is 48.4 Å². The first kappa shape index (κ1) is 17.1. The average Bonchev–Trinajstić information content (AvgIpc) is 2.63. The fraction of sp³-hybridized carbons (Fsp3) is 0.350. The molecule has 1 aliphatic rings. The Morgan fingerprint density at radius 3 is 2.76 bits per heavy atom. The predicted octanol–water partition coefficient (Wildman–Crippen LogP) is 4.15. The molecule has 0 bridgehead atoms. The quantitative estimate of drug-likeness (QED) is 0.778. The van der Waals surface area contributed by atoms with Crippen LogP contribution >= 0.6 is 0 Å². The Bertz CT molecular complexity index is 756. The molecule has 1 aromatic heterocycles. The van der Waals surface area contributed by atoms with Crippen molar-refractivity contribution in [1.82, 2.24) is 15.3 Å². The summed E-state index contributed by atoms with van der Waals surface area (Å²) in [5.41, 5.74) is 2.77. The number of carbonyl (C=O) groups excluding carboxylic acids is 1. The molecule has 25 heavy (non-hydrogen) atoms. The second-order valence-corrected chi connectivity index (χ2v) is 6.29. The van der Waals surface area contributed by atoms with Gasteiger partial charge in [0, 0.05) is 18.3 Å². The Hall–Kier alpha value is -2.69. The van der Waals surface area contributed by atoms with E-state index in [0.29, 0.717) is 23.9 Å². The highest BCUT2D eigenvalue weighted by atomic mass is 16.1. The second kappa shape index (κ2) is 8.42. The van der Waals surface area contributed by atoms with Crippen LogP contribution in [-0.4, -0.2) is 22.4 Å². The Morgan fingerprint density at radius 1 is 1.16 bits per heavy atom. The van der Waals surface area contributed by atoms with E-state index in [4.69, 9.17) is 0 Å². The van der Waals surface area contributed by atoms with Crippen molar-refractivity contribution in [3.63, 3.8) is 0 Å². The molecule has 5 heteroatoms. The van der Waals surface area contributed by atoms with E-state index in [1.807, 2.05) is 30.3 Å². The van der Waals surface area contributed by atoms with Crippen LogP contribution in [-0.2, 0) is 0 Å². The first-order chi connectivity index (χ1) is 12.2. The minimum Gasteiger partial charge on any atom is -0.350 e. The normalized spacial score (nSPS) is 13.9. The van der Waals surface area contributed by atoms with Crippen molar-refractivity contribution in [2.45, 2.75) is 39.0 Å². The summed E-state index contributed by atoms with van der Waals surface area (Å²) in [6.07, 6.45) is 8.11. The number of rotatable bonds is 6. The maximum atomic E-state index is 12.4. The largest absolute Gasteiger partial charge is 0.350 e. The summed E-state index contributed by atoms with van der Waals surface area (Å²) in [5, 5.41) is 6.17. The number of carbonyl (C=O) groups is 1. The van der Waals surface area contributed by atoms with Gasteiger partial charge in [0.15, 0.2) is 0 Å². The molecule has 1 amide bonds. The van der Waals surface area contributed by atoms with E-state index in [0.717, 1.165) is 18.5 Å². The van der Waals surface area contributed by atoms with E-state index in [1.165, 1.54) is 24.8 Å². The lowest BCUT2D eigenvalue weighted by Gasteiger charge is -2.13. The van der Waals surface area contributed by atoms with Crippen molar-refractivity contribution in [2.24, 2.45) is 0 Å². The van der Waals surface area contributed by atoms with Gasteiger partial charge in [0.1, 0.15) is 17.3 Å². The van der Waals surface area contributed by atoms with Gasteiger partial charge < -0.3 is 10.6 Å². The third kappa shape index (κ3) is 5.14. The molecule has 1 aromatic carbocycles. The predicted molar refractivity (Wildman–Crippen MR) is 100.0 cm³/mol. The molecule has 0 atom stereocenters. The molecule has 3 rings (SSSR count). The van der Waals surface area contributed by atoms with Crippen LogP contribution in [0, 0.1) is 6.92 Å². The van der Waals surface area contributed by atoms with E-state index in [-0.39, 0.29) is 5.91 Å². The molecular weight excluding hydrogens is 312 g/mol. The Morgan fingerprint density at radius 2 is 2.00 bits per heavy atom. The van der Waals surface area contributed by atoms with E-state index in [9.17, 15) is 4.79 Å². The molecule has 0 saturated heterocycles. The van der Waals surface area contributed by atoms with Crippen molar-refractivity contribution >= 4 is 17.4 Å². The number of benzene rings is 1. The number of anilines is 2. The molecule has 0 fully saturated rings. The van der Waals surface area contributed by atoms with Crippen LogP contribution in [0.25, 0.3) is 0 Å². The summed E-state index contributed by atoms with van der Waals surface area (Å²) in [7, 11) is 0. The Kier molecular flexibility index (Phi) is 5.77. The Balaban J connectivity index is 1.60. The number of amides is 1. The van der Waals surface area contributed by atoms with Crippen molar-refractivity contribution < 1.29 is 4.79 Å². The molecule has 1 aliphatic carbocycles. The average molecular weight is 336 g/mol. The van der Waals surface area contributed by atoms with Crippen molar-refractivity contribution in [1.29, 1.82) is 0 Å².